The zero-order chi connectivity index (χ0) is 16.1. The molecule has 0 bridgehead atoms. The molecule has 3 heterocycles. The van der Waals surface area contributed by atoms with Crippen LogP contribution in [0, 0.1) is 5.92 Å². The summed E-state index contributed by atoms with van der Waals surface area (Å²) in [4.78, 5) is 26.5. The van der Waals surface area contributed by atoms with E-state index in [1.165, 1.54) is 12.5 Å². The number of carbonyl (C=O) groups is 1. The van der Waals surface area contributed by atoms with Crippen molar-refractivity contribution < 1.29 is 9.90 Å². The summed E-state index contributed by atoms with van der Waals surface area (Å²) < 4.78 is 0. The minimum absolute atomic E-state index is 0.00417. The van der Waals surface area contributed by atoms with Crippen LogP contribution in [-0.2, 0) is 6.54 Å². The number of nitrogens with zero attached hydrogens (tertiary/aromatic N) is 4. The number of nitrogens with one attached hydrogen (secondary N) is 1. The smallest absolute Gasteiger partial charge is 0.270 e. The van der Waals surface area contributed by atoms with Crippen LogP contribution < -0.4 is 5.32 Å². The van der Waals surface area contributed by atoms with E-state index in [9.17, 15) is 9.90 Å². The molecule has 0 unspecified atom stereocenters. The molecule has 2 atom stereocenters. The van der Waals surface area contributed by atoms with Crippen molar-refractivity contribution in [3.05, 3.63) is 54.4 Å². The van der Waals surface area contributed by atoms with Crippen LogP contribution in [0.3, 0.4) is 0 Å². The van der Waals surface area contributed by atoms with Crippen LogP contribution in [0.25, 0.3) is 0 Å². The maximum Gasteiger partial charge on any atom is 0.270 e. The topological polar surface area (TPSA) is 91.2 Å². The fourth-order valence-electron chi connectivity index (χ4n) is 2.83. The summed E-state index contributed by atoms with van der Waals surface area (Å²) in [6, 6.07) is 7.28. The Morgan fingerprint density at radius 3 is 2.87 bits per heavy atom. The van der Waals surface area contributed by atoms with Crippen LogP contribution in [0.4, 0.5) is 0 Å². The number of pyridine rings is 1. The molecular weight excluding hydrogens is 294 g/mol. The molecule has 0 aromatic carbocycles. The molecule has 1 aliphatic rings. The summed E-state index contributed by atoms with van der Waals surface area (Å²) in [6.45, 7) is 2.14. The molecule has 7 heteroatoms. The first-order chi connectivity index (χ1) is 11.3. The monoisotopic (exact) mass is 313 g/mol. The molecule has 2 aromatic heterocycles. The molecule has 0 radical (unpaired) electrons. The van der Waals surface area contributed by atoms with E-state index in [1.54, 1.807) is 12.3 Å². The van der Waals surface area contributed by atoms with Crippen molar-refractivity contribution in [2.24, 2.45) is 5.92 Å². The highest BCUT2D eigenvalue weighted by atomic mass is 16.3. The van der Waals surface area contributed by atoms with E-state index in [0.717, 1.165) is 12.2 Å². The van der Waals surface area contributed by atoms with Gasteiger partial charge < -0.3 is 10.4 Å². The average molecular weight is 313 g/mol. The van der Waals surface area contributed by atoms with Gasteiger partial charge in [-0.2, -0.15) is 0 Å². The second-order valence-electron chi connectivity index (χ2n) is 5.63. The number of aliphatic hydroxyl groups is 1. The molecule has 1 amide bonds. The fraction of sp³-hybridized carbons (Fsp3) is 0.375. The Labute approximate surface area is 134 Å². The Hall–Kier alpha value is -2.38. The molecule has 2 aromatic rings. The van der Waals surface area contributed by atoms with Crippen molar-refractivity contribution in [3.63, 3.8) is 0 Å². The molecule has 7 nitrogen and oxygen atoms in total. The van der Waals surface area contributed by atoms with Crippen LogP contribution >= 0.6 is 0 Å². The first kappa shape index (κ1) is 15.5. The lowest BCUT2D eigenvalue weighted by Crippen LogP contribution is -2.41. The second-order valence-corrected chi connectivity index (χ2v) is 5.63. The summed E-state index contributed by atoms with van der Waals surface area (Å²) in [5, 5.41) is 12.5. The predicted octanol–water partition coefficient (Wildman–Crippen LogP) is 0.0943. The van der Waals surface area contributed by atoms with Gasteiger partial charge in [0, 0.05) is 50.6 Å². The van der Waals surface area contributed by atoms with Gasteiger partial charge in [0.15, 0.2) is 0 Å². The highest BCUT2D eigenvalue weighted by Crippen LogP contribution is 2.19. The maximum absolute atomic E-state index is 12.2. The molecule has 1 saturated heterocycles. The van der Waals surface area contributed by atoms with E-state index in [2.05, 4.69) is 25.2 Å². The van der Waals surface area contributed by atoms with Gasteiger partial charge in [-0.3, -0.25) is 14.7 Å². The van der Waals surface area contributed by atoms with E-state index in [-0.39, 0.29) is 24.5 Å². The highest BCUT2D eigenvalue weighted by molar-refractivity contribution is 5.92. The molecule has 2 N–H and O–H groups in total. The van der Waals surface area contributed by atoms with Crippen LogP contribution in [0.1, 0.15) is 16.2 Å². The van der Waals surface area contributed by atoms with Crippen molar-refractivity contribution in [2.75, 3.05) is 19.7 Å². The Morgan fingerprint density at radius 1 is 1.26 bits per heavy atom. The third kappa shape index (κ3) is 3.88. The van der Waals surface area contributed by atoms with Crippen LogP contribution in [-0.4, -0.2) is 56.6 Å². The second kappa shape index (κ2) is 7.26. The van der Waals surface area contributed by atoms with E-state index in [4.69, 9.17) is 0 Å². The van der Waals surface area contributed by atoms with Gasteiger partial charge in [-0.25, -0.2) is 9.97 Å². The zero-order valence-electron chi connectivity index (χ0n) is 12.7. The van der Waals surface area contributed by atoms with Gasteiger partial charge >= 0.3 is 0 Å². The van der Waals surface area contributed by atoms with Gasteiger partial charge in [0.2, 0.25) is 0 Å². The molecular formula is C16H19N5O2. The fourth-order valence-corrected chi connectivity index (χ4v) is 2.83. The molecule has 0 spiro atoms. The normalized spacial score (nSPS) is 21.3. The van der Waals surface area contributed by atoms with Gasteiger partial charge in [0.05, 0.1) is 5.69 Å². The van der Waals surface area contributed by atoms with Crippen molar-refractivity contribution in [3.8, 4) is 0 Å². The van der Waals surface area contributed by atoms with Gasteiger partial charge in [-0.05, 0) is 18.2 Å². The van der Waals surface area contributed by atoms with Crippen LogP contribution in [0.2, 0.25) is 0 Å². The Balaban J connectivity index is 1.62. The molecule has 1 aliphatic heterocycles. The number of hydrogen-bond donors (Lipinski definition) is 2. The van der Waals surface area contributed by atoms with Gasteiger partial charge in [-0.1, -0.05) is 6.07 Å². The Bertz CT molecular complexity index is 637. The third-order valence-electron chi connectivity index (χ3n) is 3.99. The van der Waals surface area contributed by atoms with Gasteiger partial charge in [-0.15, -0.1) is 0 Å². The highest BCUT2D eigenvalue weighted by Gasteiger charge is 2.33. The average Bonchev–Trinajstić information content (AvgIpc) is 2.98. The van der Waals surface area contributed by atoms with Crippen molar-refractivity contribution >= 4 is 5.91 Å². The largest absolute Gasteiger partial charge is 0.396 e. The number of hydrogen-bond acceptors (Lipinski definition) is 6. The van der Waals surface area contributed by atoms with Gasteiger partial charge in [0.1, 0.15) is 12.0 Å². The van der Waals surface area contributed by atoms with E-state index in [0.29, 0.717) is 18.8 Å². The number of aliphatic hydroxyl groups excluding tert-OH is 1. The van der Waals surface area contributed by atoms with Crippen LogP contribution in [0.15, 0.2) is 43.0 Å². The van der Waals surface area contributed by atoms with Crippen molar-refractivity contribution in [2.45, 2.75) is 12.6 Å². The number of aromatic nitrogens is 3. The Morgan fingerprint density at radius 2 is 2.17 bits per heavy atom. The standard InChI is InChI=1S/C16H19N5O2/c22-10-12-7-21(8-13-3-1-2-5-18-13)9-15(12)20-16(23)14-4-6-17-11-19-14/h1-6,11-12,15,22H,7-10H2,(H,20,23)/t12-,15+/m0/s1. The number of rotatable bonds is 5. The molecule has 0 aliphatic carbocycles. The lowest BCUT2D eigenvalue weighted by Gasteiger charge is -2.17. The minimum atomic E-state index is -0.240. The molecule has 120 valence electrons. The first-order valence-corrected chi connectivity index (χ1v) is 7.56. The summed E-state index contributed by atoms with van der Waals surface area (Å²) in [6.07, 6.45) is 4.65. The lowest BCUT2D eigenvalue weighted by atomic mass is 10.1. The third-order valence-corrected chi connectivity index (χ3v) is 3.99. The summed E-state index contributed by atoms with van der Waals surface area (Å²) >= 11 is 0. The minimum Gasteiger partial charge on any atom is -0.396 e. The molecule has 0 saturated carbocycles. The maximum atomic E-state index is 12.2. The number of carbonyl (C=O) groups excluding carboxylic acids is 1. The number of likely N-dealkylation sites (tertiary alicyclic amines) is 1. The Kier molecular flexibility index (Phi) is 4.89. The van der Waals surface area contributed by atoms with Crippen molar-refractivity contribution in [1.82, 2.24) is 25.2 Å². The quantitative estimate of drug-likeness (QED) is 0.813. The van der Waals surface area contributed by atoms with Crippen LogP contribution in [0.5, 0.6) is 0 Å². The number of amides is 1. The summed E-state index contributed by atoms with van der Waals surface area (Å²) in [7, 11) is 0. The summed E-state index contributed by atoms with van der Waals surface area (Å²) in [5.41, 5.74) is 1.31. The van der Waals surface area contributed by atoms with E-state index < -0.39 is 0 Å². The lowest BCUT2D eigenvalue weighted by molar-refractivity contribution is 0.0916. The molecule has 23 heavy (non-hydrogen) atoms. The van der Waals surface area contributed by atoms with Gasteiger partial charge in [0.25, 0.3) is 5.91 Å². The van der Waals surface area contributed by atoms with Crippen molar-refractivity contribution in [1.29, 1.82) is 0 Å². The molecule has 3 rings (SSSR count). The van der Waals surface area contributed by atoms with E-state index >= 15 is 0 Å². The first-order valence-electron chi connectivity index (χ1n) is 7.56. The predicted molar refractivity (Wildman–Crippen MR) is 83.4 cm³/mol. The van der Waals surface area contributed by atoms with E-state index in [1.807, 2.05) is 18.2 Å². The SMILES string of the molecule is O=C(N[C@@H]1CN(Cc2ccccn2)C[C@H]1CO)c1ccncn1. The molecule has 1 fully saturated rings. The zero-order valence-corrected chi connectivity index (χ0v) is 12.7. The summed E-state index contributed by atoms with van der Waals surface area (Å²) in [5.74, 6) is -0.236.